The molecule has 0 unspecified atom stereocenters. The Morgan fingerprint density at radius 1 is 1.06 bits per heavy atom. The standard InChI is InChI=1S/C23H20F3N5O3/c1-33-19-6-2-4-16(10-19)13-31-14-18(12-27-31)28-22(32)21-8-9-30(29-21)15-34-20-7-3-5-17(11-20)23(24,25)26/h2-12,14H,13,15H2,1H3,(H,28,32). The van der Waals surface area contributed by atoms with Crippen molar-refractivity contribution in [3.05, 3.63) is 90.0 Å². The number of nitrogens with zero attached hydrogens (tertiary/aromatic N) is 4. The van der Waals surface area contributed by atoms with Crippen molar-refractivity contribution in [1.82, 2.24) is 19.6 Å². The Morgan fingerprint density at radius 2 is 1.85 bits per heavy atom. The SMILES string of the molecule is COc1cccc(Cn2cc(NC(=O)c3ccn(COc4cccc(C(F)(F)F)c4)n3)cn2)c1. The van der Waals surface area contributed by atoms with Gasteiger partial charge in [0.1, 0.15) is 11.5 Å². The maximum absolute atomic E-state index is 12.8. The molecule has 0 aliphatic heterocycles. The largest absolute Gasteiger partial charge is 0.497 e. The maximum Gasteiger partial charge on any atom is 0.416 e. The molecule has 2 heterocycles. The highest BCUT2D eigenvalue weighted by molar-refractivity contribution is 6.02. The quantitative estimate of drug-likeness (QED) is 0.411. The number of anilines is 1. The first-order valence-electron chi connectivity index (χ1n) is 10.1. The number of amides is 1. The molecule has 0 saturated heterocycles. The Labute approximate surface area is 192 Å². The van der Waals surface area contributed by atoms with Gasteiger partial charge in [-0.05, 0) is 42.0 Å². The summed E-state index contributed by atoms with van der Waals surface area (Å²) in [5.41, 5.74) is 0.785. The summed E-state index contributed by atoms with van der Waals surface area (Å²) in [6.45, 7) is 0.335. The molecule has 8 nitrogen and oxygen atoms in total. The second kappa shape index (κ2) is 9.69. The van der Waals surface area contributed by atoms with Crippen molar-refractivity contribution in [3.8, 4) is 11.5 Å². The van der Waals surface area contributed by atoms with E-state index in [-0.39, 0.29) is 18.2 Å². The van der Waals surface area contributed by atoms with Crippen LogP contribution in [-0.4, -0.2) is 32.6 Å². The predicted octanol–water partition coefficient (Wildman–Crippen LogP) is 4.44. The minimum Gasteiger partial charge on any atom is -0.497 e. The molecule has 1 N–H and O–H groups in total. The van der Waals surface area contributed by atoms with Crippen molar-refractivity contribution in [2.45, 2.75) is 19.5 Å². The number of benzene rings is 2. The average Bonchev–Trinajstić information content (AvgIpc) is 3.47. The lowest BCUT2D eigenvalue weighted by Gasteiger charge is -2.10. The minimum atomic E-state index is -4.46. The third-order valence-corrected chi connectivity index (χ3v) is 4.77. The molecule has 0 spiro atoms. The van der Waals surface area contributed by atoms with Crippen LogP contribution < -0.4 is 14.8 Å². The average molecular weight is 471 g/mol. The third-order valence-electron chi connectivity index (χ3n) is 4.77. The third kappa shape index (κ3) is 5.74. The van der Waals surface area contributed by atoms with Crippen LogP contribution >= 0.6 is 0 Å². The molecule has 11 heteroatoms. The van der Waals surface area contributed by atoms with Crippen molar-refractivity contribution in [3.63, 3.8) is 0 Å². The van der Waals surface area contributed by atoms with E-state index >= 15 is 0 Å². The maximum atomic E-state index is 12.8. The molecular formula is C23H20F3N5O3. The summed E-state index contributed by atoms with van der Waals surface area (Å²) in [5.74, 6) is 0.323. The van der Waals surface area contributed by atoms with Gasteiger partial charge < -0.3 is 14.8 Å². The highest BCUT2D eigenvalue weighted by atomic mass is 19.4. The first-order valence-corrected chi connectivity index (χ1v) is 10.1. The van der Waals surface area contributed by atoms with Gasteiger partial charge in [0.15, 0.2) is 12.4 Å². The summed E-state index contributed by atoms with van der Waals surface area (Å²) in [6.07, 6.45) is 0.240. The van der Waals surface area contributed by atoms with Gasteiger partial charge in [-0.15, -0.1) is 0 Å². The Morgan fingerprint density at radius 3 is 2.65 bits per heavy atom. The van der Waals surface area contributed by atoms with E-state index in [2.05, 4.69) is 15.5 Å². The zero-order valence-corrected chi connectivity index (χ0v) is 18.0. The molecule has 0 bridgehead atoms. The normalized spacial score (nSPS) is 11.3. The molecule has 34 heavy (non-hydrogen) atoms. The highest BCUT2D eigenvalue weighted by Gasteiger charge is 2.30. The zero-order chi connectivity index (χ0) is 24.1. The number of alkyl halides is 3. The molecule has 0 fully saturated rings. The summed E-state index contributed by atoms with van der Waals surface area (Å²) in [6, 6.07) is 13.6. The Bertz CT molecular complexity index is 1280. The summed E-state index contributed by atoms with van der Waals surface area (Å²) >= 11 is 0. The monoisotopic (exact) mass is 471 g/mol. The molecule has 0 radical (unpaired) electrons. The van der Waals surface area contributed by atoms with Gasteiger partial charge in [0.2, 0.25) is 0 Å². The second-order valence-electron chi connectivity index (χ2n) is 7.27. The topological polar surface area (TPSA) is 83.2 Å². The minimum absolute atomic E-state index is 0.0415. The zero-order valence-electron chi connectivity index (χ0n) is 18.0. The van der Waals surface area contributed by atoms with Gasteiger partial charge in [-0.2, -0.15) is 23.4 Å². The van der Waals surface area contributed by atoms with E-state index in [1.54, 1.807) is 18.0 Å². The number of halogens is 3. The van der Waals surface area contributed by atoms with E-state index in [1.807, 2.05) is 24.3 Å². The summed E-state index contributed by atoms with van der Waals surface area (Å²) in [4.78, 5) is 12.5. The van der Waals surface area contributed by atoms with Crippen LogP contribution in [0.3, 0.4) is 0 Å². The number of hydrogen-bond acceptors (Lipinski definition) is 5. The molecule has 0 saturated carbocycles. The molecule has 2 aromatic carbocycles. The van der Waals surface area contributed by atoms with Crippen LogP contribution in [0.2, 0.25) is 0 Å². The number of carbonyl (C=O) groups excluding carboxylic acids is 1. The molecule has 0 aliphatic carbocycles. The van der Waals surface area contributed by atoms with E-state index in [0.29, 0.717) is 12.2 Å². The van der Waals surface area contributed by atoms with Crippen molar-refractivity contribution in [2.75, 3.05) is 12.4 Å². The van der Waals surface area contributed by atoms with E-state index < -0.39 is 17.6 Å². The lowest BCUT2D eigenvalue weighted by molar-refractivity contribution is -0.137. The number of aromatic nitrogens is 4. The number of carbonyl (C=O) groups is 1. The van der Waals surface area contributed by atoms with Crippen LogP contribution in [0.15, 0.2) is 73.2 Å². The van der Waals surface area contributed by atoms with Crippen LogP contribution in [0.5, 0.6) is 11.5 Å². The van der Waals surface area contributed by atoms with Crippen molar-refractivity contribution >= 4 is 11.6 Å². The van der Waals surface area contributed by atoms with Gasteiger partial charge in [-0.25, -0.2) is 4.68 Å². The van der Waals surface area contributed by atoms with Crippen molar-refractivity contribution in [1.29, 1.82) is 0 Å². The van der Waals surface area contributed by atoms with Crippen molar-refractivity contribution < 1.29 is 27.4 Å². The highest BCUT2D eigenvalue weighted by Crippen LogP contribution is 2.31. The fourth-order valence-corrected chi connectivity index (χ4v) is 3.13. The Hall–Kier alpha value is -4.28. The second-order valence-corrected chi connectivity index (χ2v) is 7.27. The van der Waals surface area contributed by atoms with Crippen LogP contribution in [-0.2, 0) is 19.5 Å². The van der Waals surface area contributed by atoms with Gasteiger partial charge in [0.05, 0.1) is 31.1 Å². The fraction of sp³-hybridized carbons (Fsp3) is 0.174. The molecule has 0 aliphatic rings. The lowest BCUT2D eigenvalue weighted by atomic mass is 10.2. The number of hydrogen-bond donors (Lipinski definition) is 1. The van der Waals surface area contributed by atoms with Gasteiger partial charge in [-0.3, -0.25) is 9.48 Å². The first-order chi connectivity index (χ1) is 16.3. The summed E-state index contributed by atoms with van der Waals surface area (Å²) in [5, 5.41) is 11.1. The number of nitrogens with one attached hydrogen (secondary N) is 1. The molecule has 1 amide bonds. The Kier molecular flexibility index (Phi) is 6.53. The van der Waals surface area contributed by atoms with Crippen LogP contribution in [0.25, 0.3) is 0 Å². The molecule has 4 aromatic rings. The van der Waals surface area contributed by atoms with Gasteiger partial charge >= 0.3 is 6.18 Å². The number of methoxy groups -OCH3 is 1. The molecule has 176 valence electrons. The molecule has 4 rings (SSSR count). The smallest absolute Gasteiger partial charge is 0.416 e. The number of rotatable bonds is 8. The first kappa shape index (κ1) is 22.9. The van der Waals surface area contributed by atoms with Gasteiger partial charge in [0, 0.05) is 12.4 Å². The van der Waals surface area contributed by atoms with E-state index in [9.17, 15) is 18.0 Å². The lowest BCUT2D eigenvalue weighted by Crippen LogP contribution is -2.14. The van der Waals surface area contributed by atoms with Gasteiger partial charge in [-0.1, -0.05) is 18.2 Å². The van der Waals surface area contributed by atoms with E-state index in [1.165, 1.54) is 35.3 Å². The Balaban J connectivity index is 1.33. The van der Waals surface area contributed by atoms with E-state index in [4.69, 9.17) is 9.47 Å². The van der Waals surface area contributed by atoms with Crippen LogP contribution in [0, 0.1) is 0 Å². The van der Waals surface area contributed by atoms with E-state index in [0.717, 1.165) is 23.4 Å². The van der Waals surface area contributed by atoms with Crippen LogP contribution in [0.4, 0.5) is 18.9 Å². The molecule has 2 aromatic heterocycles. The van der Waals surface area contributed by atoms with Gasteiger partial charge in [0.25, 0.3) is 5.91 Å². The van der Waals surface area contributed by atoms with Crippen molar-refractivity contribution in [2.24, 2.45) is 0 Å². The summed E-state index contributed by atoms with van der Waals surface area (Å²) in [7, 11) is 1.60. The summed E-state index contributed by atoms with van der Waals surface area (Å²) < 4.78 is 52.0. The molecule has 0 atom stereocenters. The number of ether oxygens (including phenoxy) is 2. The fourth-order valence-electron chi connectivity index (χ4n) is 3.13. The predicted molar refractivity (Wildman–Crippen MR) is 117 cm³/mol. The molecular weight excluding hydrogens is 451 g/mol. The van der Waals surface area contributed by atoms with Crippen LogP contribution in [0.1, 0.15) is 21.6 Å².